The minimum Gasteiger partial charge on any atom is -0.497 e. The Hall–Kier alpha value is -2.88. The molecule has 1 amide bonds. The molecule has 1 N–H and O–H groups in total. The topological polar surface area (TPSA) is 94.2 Å². The second kappa shape index (κ2) is 9.36. The van der Waals surface area contributed by atoms with Gasteiger partial charge >= 0.3 is 0 Å². The zero-order valence-electron chi connectivity index (χ0n) is 16.0. The molecule has 0 bridgehead atoms. The molecule has 0 aliphatic carbocycles. The average molecular weight is 406 g/mol. The molecular formula is C19H22N2O6S. The number of carbonyl (C=O) groups is 1. The molecule has 2 aromatic carbocycles. The summed E-state index contributed by atoms with van der Waals surface area (Å²) in [6.07, 6.45) is 2.98. The number of amides is 1. The molecule has 0 fully saturated rings. The van der Waals surface area contributed by atoms with E-state index >= 15 is 0 Å². The van der Waals surface area contributed by atoms with Crippen molar-refractivity contribution in [3.63, 3.8) is 0 Å². The van der Waals surface area contributed by atoms with Crippen molar-refractivity contribution >= 4 is 27.7 Å². The maximum Gasteiger partial charge on any atom is 0.264 e. The Balaban J connectivity index is 2.08. The molecule has 0 heterocycles. The van der Waals surface area contributed by atoms with Crippen LogP contribution in [0.25, 0.3) is 6.08 Å². The molecule has 0 unspecified atom stereocenters. The first-order valence-corrected chi connectivity index (χ1v) is 9.59. The van der Waals surface area contributed by atoms with Crippen LogP contribution in [-0.2, 0) is 19.7 Å². The van der Waals surface area contributed by atoms with Crippen molar-refractivity contribution in [2.75, 3.05) is 33.7 Å². The van der Waals surface area contributed by atoms with Crippen molar-refractivity contribution in [2.45, 2.75) is 4.90 Å². The van der Waals surface area contributed by atoms with Gasteiger partial charge in [-0.05, 0) is 48.0 Å². The van der Waals surface area contributed by atoms with E-state index in [9.17, 15) is 13.2 Å². The first-order valence-electron chi connectivity index (χ1n) is 8.15. The monoisotopic (exact) mass is 406 g/mol. The number of methoxy groups -OCH3 is 2. The van der Waals surface area contributed by atoms with Gasteiger partial charge in [0.1, 0.15) is 11.5 Å². The highest BCUT2D eigenvalue weighted by molar-refractivity contribution is 7.89. The number of nitrogens with zero attached hydrogens (tertiary/aromatic N) is 1. The van der Waals surface area contributed by atoms with E-state index in [4.69, 9.17) is 14.3 Å². The Bertz CT molecular complexity index is 933. The minimum absolute atomic E-state index is 0.0499. The van der Waals surface area contributed by atoms with Crippen molar-refractivity contribution in [3.8, 4) is 11.5 Å². The Labute approximate surface area is 164 Å². The van der Waals surface area contributed by atoms with Crippen LogP contribution >= 0.6 is 0 Å². The van der Waals surface area contributed by atoms with E-state index in [0.717, 1.165) is 10.0 Å². The molecule has 0 atom stereocenters. The van der Waals surface area contributed by atoms with Gasteiger partial charge in [0.25, 0.3) is 10.0 Å². The zero-order valence-corrected chi connectivity index (χ0v) is 16.8. The highest BCUT2D eigenvalue weighted by atomic mass is 32.2. The number of hydroxylamine groups is 1. The van der Waals surface area contributed by atoms with Gasteiger partial charge in [-0.15, -0.1) is 0 Å². The lowest BCUT2D eigenvalue weighted by molar-refractivity contribution is -0.111. The third-order valence-corrected chi connectivity index (χ3v) is 5.51. The van der Waals surface area contributed by atoms with Crippen LogP contribution < -0.4 is 14.8 Å². The summed E-state index contributed by atoms with van der Waals surface area (Å²) in [6.45, 7) is 0. The number of rotatable bonds is 8. The van der Waals surface area contributed by atoms with Crippen LogP contribution in [0, 0.1) is 0 Å². The van der Waals surface area contributed by atoms with Crippen LogP contribution in [0.5, 0.6) is 11.5 Å². The molecule has 0 saturated carbocycles. The van der Waals surface area contributed by atoms with Gasteiger partial charge in [-0.25, -0.2) is 8.42 Å². The summed E-state index contributed by atoms with van der Waals surface area (Å²) in [6, 6.07) is 11.0. The highest BCUT2D eigenvalue weighted by Crippen LogP contribution is 2.23. The highest BCUT2D eigenvalue weighted by Gasteiger charge is 2.20. The van der Waals surface area contributed by atoms with Crippen molar-refractivity contribution in [3.05, 3.63) is 54.1 Å². The third kappa shape index (κ3) is 5.32. The standard InChI is InChI=1S/C19H22N2O6S/c1-21(27-4)28(23,24)18-8-6-15(7-9-18)20-19(22)10-5-14-11-16(25-2)13-17(12-14)26-3/h5-13H,1-4H3,(H,20,22)/b10-5+. The van der Waals surface area contributed by atoms with E-state index in [0.29, 0.717) is 17.2 Å². The van der Waals surface area contributed by atoms with Crippen LogP contribution in [-0.4, -0.2) is 47.2 Å². The van der Waals surface area contributed by atoms with Gasteiger partial charge in [0.05, 0.1) is 26.2 Å². The van der Waals surface area contributed by atoms with Gasteiger partial charge in [0.15, 0.2) is 0 Å². The van der Waals surface area contributed by atoms with Crippen molar-refractivity contribution < 1.29 is 27.5 Å². The first kappa shape index (κ1) is 21.4. The molecule has 2 aromatic rings. The van der Waals surface area contributed by atoms with Crippen LogP contribution in [0.4, 0.5) is 5.69 Å². The molecule has 2 rings (SSSR count). The van der Waals surface area contributed by atoms with Gasteiger partial charge in [-0.3, -0.25) is 9.63 Å². The van der Waals surface area contributed by atoms with Crippen LogP contribution in [0.2, 0.25) is 0 Å². The number of sulfonamides is 1. The van der Waals surface area contributed by atoms with Gasteiger partial charge in [0, 0.05) is 24.9 Å². The Morgan fingerprint density at radius 1 is 1.00 bits per heavy atom. The summed E-state index contributed by atoms with van der Waals surface area (Å²) >= 11 is 0. The number of hydrogen-bond acceptors (Lipinski definition) is 6. The van der Waals surface area contributed by atoms with Crippen LogP contribution in [0.15, 0.2) is 53.4 Å². The molecule has 0 spiro atoms. The van der Waals surface area contributed by atoms with Gasteiger partial charge in [-0.2, -0.15) is 0 Å². The predicted molar refractivity (Wildman–Crippen MR) is 106 cm³/mol. The van der Waals surface area contributed by atoms with E-state index in [2.05, 4.69) is 5.32 Å². The Morgan fingerprint density at radius 2 is 1.57 bits per heavy atom. The maximum atomic E-state index is 12.1. The molecule has 28 heavy (non-hydrogen) atoms. The van der Waals surface area contributed by atoms with Gasteiger partial charge in [-0.1, -0.05) is 4.47 Å². The normalized spacial score (nSPS) is 11.6. The van der Waals surface area contributed by atoms with E-state index in [1.807, 2.05) is 0 Å². The largest absolute Gasteiger partial charge is 0.497 e. The summed E-state index contributed by atoms with van der Waals surface area (Å²) in [5, 5.41) is 2.66. The summed E-state index contributed by atoms with van der Waals surface area (Å²) in [7, 11) is 1.91. The van der Waals surface area contributed by atoms with Crippen LogP contribution in [0.3, 0.4) is 0 Å². The number of ether oxygens (including phenoxy) is 2. The molecule has 0 aromatic heterocycles. The van der Waals surface area contributed by atoms with Crippen molar-refractivity contribution in [1.82, 2.24) is 4.47 Å². The predicted octanol–water partition coefficient (Wildman–Crippen LogP) is 2.54. The van der Waals surface area contributed by atoms with Crippen molar-refractivity contribution in [2.24, 2.45) is 0 Å². The van der Waals surface area contributed by atoms with E-state index in [1.54, 1.807) is 38.5 Å². The van der Waals surface area contributed by atoms with E-state index in [1.165, 1.54) is 44.5 Å². The fraction of sp³-hybridized carbons (Fsp3) is 0.211. The molecule has 9 heteroatoms. The average Bonchev–Trinajstić information content (AvgIpc) is 2.71. The SMILES string of the molecule is COc1cc(/C=C/C(=O)Nc2ccc(S(=O)(=O)N(C)OC)cc2)cc(OC)c1. The summed E-state index contributed by atoms with van der Waals surface area (Å²) in [5.41, 5.74) is 1.19. The lowest BCUT2D eigenvalue weighted by Crippen LogP contribution is -2.25. The fourth-order valence-electron chi connectivity index (χ4n) is 2.24. The number of benzene rings is 2. The number of nitrogens with one attached hydrogen (secondary N) is 1. The fourth-order valence-corrected chi connectivity index (χ4v) is 3.21. The molecule has 150 valence electrons. The second-order valence-electron chi connectivity index (χ2n) is 5.59. The number of anilines is 1. The molecule has 0 aliphatic heterocycles. The van der Waals surface area contributed by atoms with E-state index < -0.39 is 10.0 Å². The molecular weight excluding hydrogens is 384 g/mol. The van der Waals surface area contributed by atoms with Crippen LogP contribution in [0.1, 0.15) is 5.56 Å². The summed E-state index contributed by atoms with van der Waals surface area (Å²) in [5.74, 6) is 0.848. The van der Waals surface area contributed by atoms with Gasteiger partial charge in [0.2, 0.25) is 5.91 Å². The summed E-state index contributed by atoms with van der Waals surface area (Å²) < 4.78 is 35.4. The second-order valence-corrected chi connectivity index (χ2v) is 7.53. The maximum absolute atomic E-state index is 12.1. The molecule has 8 nitrogen and oxygen atoms in total. The smallest absolute Gasteiger partial charge is 0.264 e. The summed E-state index contributed by atoms with van der Waals surface area (Å²) in [4.78, 5) is 16.9. The van der Waals surface area contributed by atoms with E-state index in [-0.39, 0.29) is 10.8 Å². The van der Waals surface area contributed by atoms with Crippen molar-refractivity contribution in [1.29, 1.82) is 0 Å². The molecule has 0 saturated heterocycles. The quantitative estimate of drug-likeness (QED) is 0.535. The molecule has 0 aliphatic rings. The minimum atomic E-state index is -3.73. The zero-order chi connectivity index (χ0) is 20.7. The lowest BCUT2D eigenvalue weighted by Gasteiger charge is -2.14. The Kier molecular flexibility index (Phi) is 7.16. The lowest BCUT2D eigenvalue weighted by atomic mass is 10.2. The number of hydrogen-bond donors (Lipinski definition) is 1. The van der Waals surface area contributed by atoms with Gasteiger partial charge < -0.3 is 14.8 Å². The Morgan fingerprint density at radius 3 is 2.07 bits per heavy atom. The molecule has 0 radical (unpaired) electrons. The third-order valence-electron chi connectivity index (χ3n) is 3.82. The first-order chi connectivity index (χ1) is 13.3. The number of carbonyl (C=O) groups excluding carboxylic acids is 1.